The smallest absolute Gasteiger partial charge is 0.147 e. The Morgan fingerprint density at radius 3 is 2.67 bits per heavy atom. The Morgan fingerprint density at radius 2 is 2.13 bits per heavy atom. The van der Waals surface area contributed by atoms with E-state index >= 15 is 0 Å². The summed E-state index contributed by atoms with van der Waals surface area (Å²) in [5.41, 5.74) is 0. The number of Topliss-reactive ketones (excluding diaryl/α,β-unsaturated/α-hetero) is 1. The molecule has 1 fully saturated rings. The van der Waals surface area contributed by atoms with Gasteiger partial charge in [0.15, 0.2) is 0 Å². The molecule has 0 N–H and O–H groups in total. The summed E-state index contributed by atoms with van der Waals surface area (Å²) in [6.45, 7) is 0.794. The van der Waals surface area contributed by atoms with Crippen LogP contribution in [0.25, 0.3) is 0 Å². The molecule has 0 saturated carbocycles. The summed E-state index contributed by atoms with van der Waals surface area (Å²) in [5, 5.41) is 0. The quantitative estimate of drug-likeness (QED) is 0.686. The van der Waals surface area contributed by atoms with E-state index in [0.717, 1.165) is 32.1 Å². The number of ether oxygens (including phenoxy) is 1. The molecule has 88 valence electrons. The molecule has 1 saturated heterocycles. The molecule has 1 unspecified atom stereocenters. The number of hydrogen-bond donors (Lipinski definition) is 0. The first-order valence-electron chi connectivity index (χ1n) is 5.28. The Labute approximate surface area is 90.9 Å². The zero-order valence-electron chi connectivity index (χ0n) is 9.07. The summed E-state index contributed by atoms with van der Waals surface area (Å²) >= 11 is 0. The molecule has 0 aliphatic carbocycles. The van der Waals surface area contributed by atoms with Crippen molar-refractivity contribution in [2.75, 3.05) is 18.6 Å². The number of ketones is 1. The molecule has 0 aromatic heterocycles. The van der Waals surface area contributed by atoms with Crippen molar-refractivity contribution in [2.45, 2.75) is 38.2 Å². The third kappa shape index (κ3) is 5.89. The topological polar surface area (TPSA) is 60.4 Å². The molecule has 0 aromatic carbocycles. The minimum Gasteiger partial charge on any atom is -0.378 e. The Bertz CT molecular complexity index is 301. The second kappa shape index (κ2) is 5.61. The summed E-state index contributed by atoms with van der Waals surface area (Å²) in [6, 6.07) is 0. The Kier molecular flexibility index (Phi) is 4.73. The maximum Gasteiger partial charge on any atom is 0.147 e. The van der Waals surface area contributed by atoms with Gasteiger partial charge in [0.1, 0.15) is 15.6 Å². The van der Waals surface area contributed by atoms with Crippen molar-refractivity contribution in [3.8, 4) is 0 Å². The molecule has 1 aliphatic heterocycles. The highest BCUT2D eigenvalue weighted by molar-refractivity contribution is 7.90. The molecule has 0 radical (unpaired) electrons. The first-order valence-corrected chi connectivity index (χ1v) is 7.34. The third-order valence-electron chi connectivity index (χ3n) is 2.52. The standard InChI is InChI=1S/C10H18O4S/c1-15(12,13)8-6-9(11)4-5-10-3-2-7-14-10/h10H,2-8H2,1H3. The van der Waals surface area contributed by atoms with Crippen LogP contribution in [0.3, 0.4) is 0 Å². The Morgan fingerprint density at radius 1 is 1.40 bits per heavy atom. The molecule has 0 bridgehead atoms. The van der Waals surface area contributed by atoms with Crippen molar-refractivity contribution in [1.29, 1.82) is 0 Å². The molecule has 1 heterocycles. The van der Waals surface area contributed by atoms with Crippen molar-refractivity contribution >= 4 is 15.6 Å². The molecule has 0 spiro atoms. The van der Waals surface area contributed by atoms with Crippen LogP contribution < -0.4 is 0 Å². The Hall–Kier alpha value is -0.420. The van der Waals surface area contributed by atoms with E-state index in [0.29, 0.717) is 6.42 Å². The predicted octanol–water partition coefficient (Wildman–Crippen LogP) is 0.949. The minimum absolute atomic E-state index is 0.0240. The van der Waals surface area contributed by atoms with Gasteiger partial charge >= 0.3 is 0 Å². The lowest BCUT2D eigenvalue weighted by molar-refractivity contribution is -0.119. The van der Waals surface area contributed by atoms with Gasteiger partial charge in [0.25, 0.3) is 0 Å². The summed E-state index contributed by atoms with van der Waals surface area (Å²) in [7, 11) is -3.01. The highest BCUT2D eigenvalue weighted by atomic mass is 32.2. The van der Waals surface area contributed by atoms with Gasteiger partial charge in [0.2, 0.25) is 0 Å². The van der Waals surface area contributed by atoms with Crippen LogP contribution in [0.2, 0.25) is 0 Å². The highest BCUT2D eigenvalue weighted by Crippen LogP contribution is 2.17. The van der Waals surface area contributed by atoms with Crippen LogP contribution in [0, 0.1) is 0 Å². The lowest BCUT2D eigenvalue weighted by Gasteiger charge is -2.07. The molecule has 1 aliphatic rings. The van der Waals surface area contributed by atoms with Gasteiger partial charge in [-0.2, -0.15) is 0 Å². The van der Waals surface area contributed by atoms with E-state index in [1.54, 1.807) is 0 Å². The van der Waals surface area contributed by atoms with Crippen LogP contribution >= 0.6 is 0 Å². The summed E-state index contributed by atoms with van der Waals surface area (Å²) in [5.74, 6) is -0.00640. The van der Waals surface area contributed by atoms with E-state index in [-0.39, 0.29) is 24.1 Å². The first kappa shape index (κ1) is 12.6. The van der Waals surface area contributed by atoms with Gasteiger partial charge in [-0.1, -0.05) is 0 Å². The SMILES string of the molecule is CS(=O)(=O)CCC(=O)CCC1CCCO1. The normalized spacial score (nSPS) is 21.8. The maximum absolute atomic E-state index is 11.3. The van der Waals surface area contributed by atoms with Gasteiger partial charge in [-0.15, -0.1) is 0 Å². The van der Waals surface area contributed by atoms with Crippen molar-refractivity contribution in [1.82, 2.24) is 0 Å². The van der Waals surface area contributed by atoms with E-state index in [1.807, 2.05) is 0 Å². The molecular weight excluding hydrogens is 216 g/mol. The van der Waals surface area contributed by atoms with E-state index in [2.05, 4.69) is 0 Å². The predicted molar refractivity (Wildman–Crippen MR) is 57.5 cm³/mol. The van der Waals surface area contributed by atoms with Gasteiger partial charge in [0, 0.05) is 25.7 Å². The second-order valence-electron chi connectivity index (χ2n) is 4.09. The monoisotopic (exact) mass is 234 g/mol. The molecule has 5 heteroatoms. The third-order valence-corrected chi connectivity index (χ3v) is 3.47. The second-order valence-corrected chi connectivity index (χ2v) is 6.35. The first-order chi connectivity index (χ1) is 6.97. The molecule has 0 aromatic rings. The fourth-order valence-electron chi connectivity index (χ4n) is 1.62. The van der Waals surface area contributed by atoms with Crippen molar-refractivity contribution in [3.05, 3.63) is 0 Å². The fraction of sp³-hybridized carbons (Fsp3) is 0.900. The lowest BCUT2D eigenvalue weighted by atomic mass is 10.1. The van der Waals surface area contributed by atoms with Crippen LogP contribution in [0.5, 0.6) is 0 Å². The fourth-order valence-corrected chi connectivity index (χ4v) is 2.22. The molecule has 1 atom stereocenters. The number of carbonyl (C=O) groups is 1. The van der Waals surface area contributed by atoms with E-state index in [9.17, 15) is 13.2 Å². The summed E-state index contributed by atoms with van der Waals surface area (Å²) < 4.78 is 27.0. The van der Waals surface area contributed by atoms with Crippen molar-refractivity contribution in [2.24, 2.45) is 0 Å². The number of rotatable bonds is 6. The Balaban J connectivity index is 2.13. The van der Waals surface area contributed by atoms with E-state index < -0.39 is 9.84 Å². The van der Waals surface area contributed by atoms with Crippen LogP contribution in [0.15, 0.2) is 0 Å². The average Bonchev–Trinajstić information content (AvgIpc) is 2.62. The van der Waals surface area contributed by atoms with Gasteiger partial charge in [-0.3, -0.25) is 4.79 Å². The maximum atomic E-state index is 11.3. The molecular formula is C10H18O4S. The number of carbonyl (C=O) groups excluding carboxylic acids is 1. The molecule has 1 rings (SSSR count). The lowest BCUT2D eigenvalue weighted by Crippen LogP contribution is -2.12. The van der Waals surface area contributed by atoms with Crippen LogP contribution in [0.4, 0.5) is 0 Å². The minimum atomic E-state index is -3.01. The van der Waals surface area contributed by atoms with Gasteiger partial charge in [-0.05, 0) is 19.3 Å². The average molecular weight is 234 g/mol. The van der Waals surface area contributed by atoms with Crippen LogP contribution in [-0.4, -0.2) is 38.9 Å². The summed E-state index contributed by atoms with van der Waals surface area (Å²) in [4.78, 5) is 11.3. The molecule has 0 amide bonds. The molecule has 4 nitrogen and oxygen atoms in total. The van der Waals surface area contributed by atoms with Gasteiger partial charge in [0.05, 0.1) is 11.9 Å². The largest absolute Gasteiger partial charge is 0.378 e. The van der Waals surface area contributed by atoms with Gasteiger partial charge in [-0.25, -0.2) is 8.42 Å². The van der Waals surface area contributed by atoms with Crippen LogP contribution in [0.1, 0.15) is 32.1 Å². The van der Waals surface area contributed by atoms with Crippen LogP contribution in [-0.2, 0) is 19.4 Å². The zero-order valence-corrected chi connectivity index (χ0v) is 9.88. The zero-order chi connectivity index (χ0) is 11.3. The van der Waals surface area contributed by atoms with E-state index in [4.69, 9.17) is 4.74 Å². The van der Waals surface area contributed by atoms with E-state index in [1.165, 1.54) is 0 Å². The van der Waals surface area contributed by atoms with Crippen molar-refractivity contribution in [3.63, 3.8) is 0 Å². The number of sulfone groups is 1. The van der Waals surface area contributed by atoms with Crippen molar-refractivity contribution < 1.29 is 17.9 Å². The highest BCUT2D eigenvalue weighted by Gasteiger charge is 2.17. The summed E-state index contributed by atoms with van der Waals surface area (Å²) in [6.07, 6.45) is 4.79. The number of hydrogen-bond acceptors (Lipinski definition) is 4. The molecule has 15 heavy (non-hydrogen) atoms. The van der Waals surface area contributed by atoms with Gasteiger partial charge < -0.3 is 4.74 Å².